The normalized spacial score (nSPS) is 30.2. The van der Waals surface area contributed by atoms with Crippen LogP contribution in [0.25, 0.3) is 0 Å². The second-order valence-corrected chi connectivity index (χ2v) is 7.57. The van der Waals surface area contributed by atoms with E-state index in [0.717, 1.165) is 24.8 Å². The van der Waals surface area contributed by atoms with Crippen LogP contribution in [-0.2, 0) is 10.0 Å². The number of aryl methyl sites for hydroxylation is 1. The van der Waals surface area contributed by atoms with E-state index < -0.39 is 16.1 Å². The van der Waals surface area contributed by atoms with E-state index in [2.05, 4.69) is 0 Å². The van der Waals surface area contributed by atoms with Crippen molar-refractivity contribution >= 4 is 10.0 Å². The molecule has 3 atom stereocenters. The van der Waals surface area contributed by atoms with Gasteiger partial charge in [-0.25, -0.2) is 8.42 Å². The minimum Gasteiger partial charge on any atom is -0.205 e. The highest BCUT2D eigenvalue weighted by molar-refractivity contribution is 7.89. The zero-order chi connectivity index (χ0) is 13.6. The minimum absolute atomic E-state index is 0.0448. The molecule has 0 spiro atoms. The number of fused-ring (bicyclic) bond motifs is 2. The van der Waals surface area contributed by atoms with Crippen molar-refractivity contribution in [1.82, 2.24) is 4.53 Å². The van der Waals surface area contributed by atoms with Crippen LogP contribution in [0.4, 0.5) is 4.48 Å². The first-order chi connectivity index (χ1) is 8.98. The van der Waals surface area contributed by atoms with Gasteiger partial charge in [-0.1, -0.05) is 24.1 Å². The first-order valence-corrected chi connectivity index (χ1v) is 8.19. The summed E-state index contributed by atoms with van der Waals surface area (Å²) in [5.74, 6) is 0.719. The van der Waals surface area contributed by atoms with Crippen LogP contribution in [0.5, 0.6) is 0 Å². The summed E-state index contributed by atoms with van der Waals surface area (Å²) in [6.07, 6.45) is 3.74. The molecule has 3 nitrogen and oxygen atoms in total. The van der Waals surface area contributed by atoms with Crippen molar-refractivity contribution in [3.05, 3.63) is 29.8 Å². The molecule has 2 fully saturated rings. The van der Waals surface area contributed by atoms with Gasteiger partial charge in [-0.15, -0.1) is 4.48 Å². The number of hydrogen-bond acceptors (Lipinski definition) is 2. The lowest BCUT2D eigenvalue weighted by atomic mass is 9.96. The molecular formula is C14H18FNO2S. The van der Waals surface area contributed by atoms with Gasteiger partial charge in [0, 0.05) is 0 Å². The summed E-state index contributed by atoms with van der Waals surface area (Å²) in [7, 11) is -3.99. The molecule has 5 heteroatoms. The van der Waals surface area contributed by atoms with Crippen LogP contribution in [0.15, 0.2) is 29.2 Å². The number of hydrogen-bond donors (Lipinski definition) is 0. The average molecular weight is 283 g/mol. The number of nitrogens with zero attached hydrogens (tertiary/aromatic N) is 1. The Labute approximate surface area is 113 Å². The standard InChI is InChI=1S/C14H18FNO2S/c1-10-2-6-13(7-3-10)19(17,18)16(15)14-9-11-4-5-12(14)8-11/h2-3,6-7,11-12,14H,4-5,8-9H2,1H3. The Morgan fingerprint density at radius 1 is 1.16 bits per heavy atom. The first kappa shape index (κ1) is 13.1. The van der Waals surface area contributed by atoms with Gasteiger partial charge in [-0.3, -0.25) is 0 Å². The van der Waals surface area contributed by atoms with Gasteiger partial charge in [-0.2, -0.15) is 0 Å². The summed E-state index contributed by atoms with van der Waals surface area (Å²) in [5.41, 5.74) is 0.962. The van der Waals surface area contributed by atoms with E-state index in [4.69, 9.17) is 0 Å². The molecule has 0 radical (unpaired) electrons. The van der Waals surface area contributed by atoms with Crippen molar-refractivity contribution in [2.45, 2.75) is 43.5 Å². The predicted octanol–water partition coefficient (Wildman–Crippen LogP) is 3.06. The Bertz CT molecular complexity index is 570. The summed E-state index contributed by atoms with van der Waals surface area (Å²) in [6.45, 7) is 1.87. The smallest absolute Gasteiger partial charge is 0.205 e. The Morgan fingerprint density at radius 3 is 2.37 bits per heavy atom. The number of sulfonamides is 1. The zero-order valence-corrected chi connectivity index (χ0v) is 11.7. The van der Waals surface area contributed by atoms with Crippen LogP contribution in [0.2, 0.25) is 0 Å². The molecule has 3 unspecified atom stereocenters. The van der Waals surface area contributed by atoms with Crippen molar-refractivity contribution in [3.8, 4) is 0 Å². The molecule has 2 bridgehead atoms. The minimum atomic E-state index is -3.99. The van der Waals surface area contributed by atoms with Crippen LogP contribution in [0.3, 0.4) is 0 Å². The highest BCUT2D eigenvalue weighted by Gasteiger charge is 2.46. The quantitative estimate of drug-likeness (QED) is 0.800. The number of rotatable bonds is 3. The summed E-state index contributed by atoms with van der Waals surface area (Å²) in [6, 6.07) is 5.89. The summed E-state index contributed by atoms with van der Waals surface area (Å²) < 4.78 is 39.0. The van der Waals surface area contributed by atoms with Crippen LogP contribution < -0.4 is 0 Å². The molecule has 3 rings (SSSR count). The van der Waals surface area contributed by atoms with Crippen molar-refractivity contribution in [2.75, 3.05) is 0 Å². The van der Waals surface area contributed by atoms with Gasteiger partial charge < -0.3 is 0 Å². The largest absolute Gasteiger partial charge is 0.269 e. The average Bonchev–Trinajstić information content (AvgIpc) is 3.00. The lowest BCUT2D eigenvalue weighted by Crippen LogP contribution is -2.37. The monoisotopic (exact) mass is 283 g/mol. The summed E-state index contributed by atoms with van der Waals surface area (Å²) in [5, 5.41) is 0. The predicted molar refractivity (Wildman–Crippen MR) is 70.5 cm³/mol. The van der Waals surface area contributed by atoms with E-state index in [0.29, 0.717) is 12.3 Å². The number of benzene rings is 1. The maximum absolute atomic E-state index is 14.4. The molecule has 2 saturated carbocycles. The fourth-order valence-corrected chi connectivity index (χ4v) is 4.75. The van der Waals surface area contributed by atoms with Gasteiger partial charge in [0.1, 0.15) is 0 Å². The molecule has 0 aromatic heterocycles. The van der Waals surface area contributed by atoms with Gasteiger partial charge in [0.2, 0.25) is 0 Å². The highest BCUT2D eigenvalue weighted by atomic mass is 32.2. The first-order valence-electron chi connectivity index (χ1n) is 6.75. The Hall–Kier alpha value is -0.940. The Kier molecular flexibility index (Phi) is 3.14. The molecule has 0 amide bonds. The highest BCUT2D eigenvalue weighted by Crippen LogP contribution is 2.47. The van der Waals surface area contributed by atoms with E-state index in [1.54, 1.807) is 12.1 Å². The lowest BCUT2D eigenvalue weighted by Gasteiger charge is -2.26. The molecule has 0 N–H and O–H groups in total. The third kappa shape index (κ3) is 2.19. The topological polar surface area (TPSA) is 37.4 Å². The van der Waals surface area contributed by atoms with Gasteiger partial charge in [0.05, 0.1) is 10.9 Å². The summed E-state index contributed by atoms with van der Waals surface area (Å²) in [4.78, 5) is 0.0448. The fraction of sp³-hybridized carbons (Fsp3) is 0.571. The SMILES string of the molecule is Cc1ccc(S(=O)(=O)N(F)C2CC3CCC2C3)cc1. The molecule has 0 aliphatic heterocycles. The second-order valence-electron chi connectivity index (χ2n) is 5.80. The molecule has 104 valence electrons. The number of halogens is 1. The van der Waals surface area contributed by atoms with Gasteiger partial charge >= 0.3 is 0 Å². The van der Waals surface area contributed by atoms with E-state index >= 15 is 0 Å². The van der Waals surface area contributed by atoms with Gasteiger partial charge in [-0.05, 0) is 54.7 Å². The molecule has 0 heterocycles. The van der Waals surface area contributed by atoms with Crippen LogP contribution >= 0.6 is 0 Å². The molecule has 2 aliphatic carbocycles. The second kappa shape index (κ2) is 4.56. The molecule has 1 aromatic carbocycles. The molecule has 19 heavy (non-hydrogen) atoms. The van der Waals surface area contributed by atoms with Crippen LogP contribution in [0.1, 0.15) is 31.2 Å². The van der Waals surface area contributed by atoms with Crippen molar-refractivity contribution in [2.24, 2.45) is 11.8 Å². The van der Waals surface area contributed by atoms with Crippen molar-refractivity contribution < 1.29 is 12.9 Å². The molecule has 0 saturated heterocycles. The summed E-state index contributed by atoms with van der Waals surface area (Å²) >= 11 is 0. The zero-order valence-electron chi connectivity index (χ0n) is 10.9. The van der Waals surface area contributed by atoms with E-state index in [-0.39, 0.29) is 15.3 Å². The molecule has 1 aromatic rings. The van der Waals surface area contributed by atoms with Crippen LogP contribution in [-0.4, -0.2) is 19.0 Å². The molecular weight excluding hydrogens is 265 g/mol. The Morgan fingerprint density at radius 2 is 1.84 bits per heavy atom. The Balaban J connectivity index is 1.86. The van der Waals surface area contributed by atoms with Crippen LogP contribution in [0, 0.1) is 18.8 Å². The van der Waals surface area contributed by atoms with Crippen molar-refractivity contribution in [3.63, 3.8) is 0 Å². The lowest BCUT2D eigenvalue weighted by molar-refractivity contribution is 0.0540. The van der Waals surface area contributed by atoms with Gasteiger partial charge in [0.25, 0.3) is 10.0 Å². The third-order valence-corrected chi connectivity index (χ3v) is 6.11. The maximum Gasteiger partial charge on any atom is 0.269 e. The van der Waals surface area contributed by atoms with Crippen molar-refractivity contribution in [1.29, 1.82) is 0 Å². The van der Waals surface area contributed by atoms with E-state index in [1.807, 2.05) is 6.92 Å². The van der Waals surface area contributed by atoms with E-state index in [1.165, 1.54) is 12.1 Å². The molecule has 2 aliphatic rings. The van der Waals surface area contributed by atoms with Gasteiger partial charge in [0.15, 0.2) is 0 Å². The van der Waals surface area contributed by atoms with E-state index in [9.17, 15) is 12.9 Å². The fourth-order valence-electron chi connectivity index (χ4n) is 3.45. The third-order valence-electron chi connectivity index (χ3n) is 4.51. The maximum atomic E-state index is 14.4.